The minimum Gasteiger partial charge on any atom is -0.467 e. The number of nitrogens with two attached hydrogens (primary N) is 1. The van der Waals surface area contributed by atoms with E-state index in [0.717, 1.165) is 17.4 Å². The summed E-state index contributed by atoms with van der Waals surface area (Å²) in [5, 5.41) is 0.432. The highest BCUT2D eigenvalue weighted by Crippen LogP contribution is 2.30. The number of aromatic nitrogens is 2. The number of ketones is 1. The number of hydrogen-bond acceptors (Lipinski definition) is 7. The molecule has 0 aliphatic rings. The first-order chi connectivity index (χ1) is 18.0. The first kappa shape index (κ1) is 27.1. The molecular weight excluding hydrogens is 531 g/mol. The summed E-state index contributed by atoms with van der Waals surface area (Å²) in [5.41, 5.74) is 4.99. The number of hydrogen-bond donors (Lipinski definition) is 2. The number of Topliss-reactive ketones (excluding diaryl/α,β-unsaturated/α-hetero) is 1. The summed E-state index contributed by atoms with van der Waals surface area (Å²) in [5.74, 6) is -1.77. The number of H-pyrrole nitrogens is 1. The number of fused-ring (bicyclic) bond motifs is 1. The lowest BCUT2D eigenvalue weighted by molar-refractivity contribution is -0.145. The maximum Gasteiger partial charge on any atom is 0.334 e. The van der Waals surface area contributed by atoms with Gasteiger partial charge in [-0.05, 0) is 48.0 Å². The first-order valence-corrected chi connectivity index (χ1v) is 12.2. The third kappa shape index (κ3) is 4.83. The van der Waals surface area contributed by atoms with E-state index in [2.05, 4.69) is 4.98 Å². The van der Waals surface area contributed by atoms with Crippen LogP contribution in [0.25, 0.3) is 16.6 Å². The molecule has 38 heavy (non-hydrogen) atoms. The second-order valence-electron chi connectivity index (χ2n) is 8.93. The van der Waals surface area contributed by atoms with E-state index in [-0.39, 0.29) is 22.0 Å². The molecule has 3 N–H and O–H groups in total. The zero-order valence-electron chi connectivity index (χ0n) is 20.7. The number of aromatic amines is 1. The van der Waals surface area contributed by atoms with Crippen LogP contribution in [-0.4, -0.2) is 48.0 Å². The van der Waals surface area contributed by atoms with E-state index in [4.69, 9.17) is 33.7 Å². The van der Waals surface area contributed by atoms with Gasteiger partial charge in [-0.25, -0.2) is 14.2 Å². The highest BCUT2D eigenvalue weighted by Gasteiger charge is 2.45. The number of ether oxygens (including phenoxy) is 1. The molecule has 0 bridgehead atoms. The zero-order chi connectivity index (χ0) is 27.8. The molecule has 196 valence electrons. The fourth-order valence-electron chi connectivity index (χ4n) is 4.16. The van der Waals surface area contributed by atoms with Crippen molar-refractivity contribution in [3.63, 3.8) is 0 Å². The second kappa shape index (κ2) is 10.4. The molecule has 0 spiro atoms. The van der Waals surface area contributed by atoms with Crippen LogP contribution in [0.5, 0.6) is 0 Å². The van der Waals surface area contributed by atoms with Gasteiger partial charge in [-0.1, -0.05) is 41.4 Å². The molecule has 0 radical (unpaired) electrons. The third-order valence-electron chi connectivity index (χ3n) is 6.22. The van der Waals surface area contributed by atoms with Gasteiger partial charge in [-0.3, -0.25) is 9.59 Å². The van der Waals surface area contributed by atoms with E-state index < -0.39 is 28.5 Å². The van der Waals surface area contributed by atoms with E-state index in [1.165, 1.54) is 24.3 Å². The monoisotopic (exact) mass is 554 g/mol. The highest BCUT2D eigenvalue weighted by atomic mass is 35.5. The van der Waals surface area contributed by atoms with Gasteiger partial charge >= 0.3 is 11.7 Å². The Kier molecular flexibility index (Phi) is 7.46. The lowest BCUT2D eigenvalue weighted by Gasteiger charge is -2.26. The van der Waals surface area contributed by atoms with Crippen LogP contribution in [0, 0.1) is 0 Å². The van der Waals surface area contributed by atoms with Gasteiger partial charge in [0, 0.05) is 26.2 Å². The Hall–Kier alpha value is -3.92. The number of nitrogens with one attached hydrogen (secondary N) is 1. The molecule has 0 aliphatic heterocycles. The topological polar surface area (TPSA) is 127 Å². The summed E-state index contributed by atoms with van der Waals surface area (Å²) in [6, 6.07) is 15.8. The molecule has 1 aromatic heterocycles. The predicted molar refractivity (Wildman–Crippen MR) is 148 cm³/mol. The number of rotatable bonds is 7. The zero-order valence-corrected chi connectivity index (χ0v) is 22.3. The van der Waals surface area contributed by atoms with Gasteiger partial charge < -0.3 is 20.4 Å². The molecule has 1 heterocycles. The molecule has 0 saturated heterocycles. The SMILES string of the molecule is COC(=O)[C@@](N)(Cc1ccc(-n2c(=O)[nH]c3ccc(N(C)C)cc3c2=O)cc1)C(=O)c1c(Cl)cccc1Cl. The Morgan fingerprint density at radius 3 is 2.24 bits per heavy atom. The predicted octanol–water partition coefficient (Wildman–Crippen LogP) is 3.35. The van der Waals surface area contributed by atoms with Crippen LogP contribution in [0.3, 0.4) is 0 Å². The maximum absolute atomic E-state index is 13.4. The summed E-state index contributed by atoms with van der Waals surface area (Å²) in [4.78, 5) is 56.7. The fraction of sp³-hybridized carbons (Fsp3) is 0.185. The smallest absolute Gasteiger partial charge is 0.334 e. The molecule has 9 nitrogen and oxygen atoms in total. The number of carbonyl (C=O) groups is 2. The summed E-state index contributed by atoms with van der Waals surface area (Å²) in [6.07, 6.45) is -0.254. The van der Waals surface area contributed by atoms with E-state index in [9.17, 15) is 19.2 Å². The average molecular weight is 555 g/mol. The van der Waals surface area contributed by atoms with E-state index in [1.54, 1.807) is 36.4 Å². The van der Waals surface area contributed by atoms with E-state index in [0.29, 0.717) is 22.2 Å². The first-order valence-electron chi connectivity index (χ1n) is 11.4. The number of esters is 1. The van der Waals surface area contributed by atoms with Crippen molar-refractivity contribution in [3.8, 4) is 5.69 Å². The van der Waals surface area contributed by atoms with Crippen LogP contribution in [0.2, 0.25) is 10.0 Å². The standard InChI is InChI=1S/C27H24Cl2N4O5/c1-32(2)17-11-12-21-18(13-17)24(35)33(26(37)31-21)16-9-7-15(8-10-16)14-27(30,25(36)38-3)23(34)22-19(28)5-4-6-20(22)29/h4-13H,14,30H2,1-3H3,(H,31,37)/t27-/m1/s1. The number of methoxy groups -OCH3 is 1. The second-order valence-corrected chi connectivity index (χ2v) is 9.74. The molecule has 0 saturated carbocycles. The van der Waals surface area contributed by atoms with Gasteiger partial charge in [-0.2, -0.15) is 0 Å². The molecule has 3 aromatic carbocycles. The van der Waals surface area contributed by atoms with Crippen molar-refractivity contribution >= 4 is 51.5 Å². The Morgan fingerprint density at radius 2 is 1.66 bits per heavy atom. The molecule has 0 amide bonds. The molecule has 11 heteroatoms. The number of carbonyl (C=O) groups excluding carboxylic acids is 2. The van der Waals surface area contributed by atoms with Gasteiger partial charge in [-0.15, -0.1) is 0 Å². The summed E-state index contributed by atoms with van der Waals surface area (Å²) in [7, 11) is 4.81. The van der Waals surface area contributed by atoms with Gasteiger partial charge in [0.1, 0.15) is 0 Å². The third-order valence-corrected chi connectivity index (χ3v) is 6.85. The van der Waals surface area contributed by atoms with Crippen LogP contribution in [0.1, 0.15) is 15.9 Å². The van der Waals surface area contributed by atoms with Crippen LogP contribution in [0.4, 0.5) is 5.69 Å². The van der Waals surface area contributed by atoms with Crippen molar-refractivity contribution in [1.29, 1.82) is 0 Å². The van der Waals surface area contributed by atoms with Gasteiger partial charge in [0.2, 0.25) is 0 Å². The number of anilines is 1. The van der Waals surface area contributed by atoms with Crippen LogP contribution in [0.15, 0.2) is 70.3 Å². The maximum atomic E-state index is 13.4. The van der Waals surface area contributed by atoms with Gasteiger partial charge in [0.25, 0.3) is 5.56 Å². The average Bonchev–Trinajstić information content (AvgIpc) is 2.88. The number of halogens is 2. The molecule has 0 unspecified atom stereocenters. The van der Waals surface area contributed by atoms with Crippen molar-refractivity contribution in [2.45, 2.75) is 12.0 Å². The minimum absolute atomic E-state index is 0.0453. The van der Waals surface area contributed by atoms with Crippen molar-refractivity contribution in [3.05, 3.63) is 103 Å². The molecule has 1 atom stereocenters. The quantitative estimate of drug-likeness (QED) is 0.203. The lowest BCUT2D eigenvalue weighted by Crippen LogP contribution is -2.57. The summed E-state index contributed by atoms with van der Waals surface area (Å²) >= 11 is 12.4. The highest BCUT2D eigenvalue weighted by molar-refractivity contribution is 6.41. The van der Waals surface area contributed by atoms with Crippen molar-refractivity contribution in [2.75, 3.05) is 26.1 Å². The van der Waals surface area contributed by atoms with Crippen molar-refractivity contribution < 1.29 is 14.3 Å². The summed E-state index contributed by atoms with van der Waals surface area (Å²) in [6.45, 7) is 0. The minimum atomic E-state index is -2.13. The molecule has 4 aromatic rings. The van der Waals surface area contributed by atoms with Crippen LogP contribution in [-0.2, 0) is 16.0 Å². The van der Waals surface area contributed by atoms with Gasteiger partial charge in [0.05, 0.1) is 39.3 Å². The Balaban J connectivity index is 1.74. The molecule has 0 aliphatic carbocycles. The Bertz CT molecular complexity index is 1660. The number of nitrogens with zero attached hydrogens (tertiary/aromatic N) is 2. The van der Waals surface area contributed by atoms with E-state index >= 15 is 0 Å². The van der Waals surface area contributed by atoms with Crippen LogP contribution >= 0.6 is 23.2 Å². The van der Waals surface area contributed by atoms with Crippen LogP contribution < -0.4 is 21.9 Å². The molecular formula is C27H24Cl2N4O5. The van der Waals surface area contributed by atoms with Crippen molar-refractivity contribution in [2.24, 2.45) is 5.73 Å². The molecule has 4 rings (SSSR count). The summed E-state index contributed by atoms with van der Waals surface area (Å²) < 4.78 is 5.85. The normalized spacial score (nSPS) is 12.7. The van der Waals surface area contributed by atoms with E-state index in [1.807, 2.05) is 19.0 Å². The van der Waals surface area contributed by atoms with Gasteiger partial charge in [0.15, 0.2) is 11.3 Å². The molecule has 0 fully saturated rings. The number of benzene rings is 3. The van der Waals surface area contributed by atoms with Crippen molar-refractivity contribution in [1.82, 2.24) is 9.55 Å². The Labute approximate surface area is 227 Å². The fourth-order valence-corrected chi connectivity index (χ4v) is 4.73. The largest absolute Gasteiger partial charge is 0.467 e. The Morgan fingerprint density at radius 1 is 1.03 bits per heavy atom. The lowest BCUT2D eigenvalue weighted by atomic mass is 9.84.